The first-order valence-electron chi connectivity index (χ1n) is 4.37. The summed E-state index contributed by atoms with van der Waals surface area (Å²) in [5, 5.41) is 6.99. The molecule has 1 aromatic heterocycles. The Morgan fingerprint density at radius 3 is 2.83 bits per heavy atom. The highest BCUT2D eigenvalue weighted by Crippen LogP contribution is 2.28. The van der Waals surface area contributed by atoms with Crippen LogP contribution in [-0.2, 0) is 13.5 Å². The van der Waals surface area contributed by atoms with Gasteiger partial charge in [0.1, 0.15) is 5.82 Å². The smallest absolute Gasteiger partial charge is 0.194 e. The molecule has 0 aliphatic heterocycles. The maximum atomic E-state index is 5.03. The maximum absolute atomic E-state index is 5.03. The average Bonchev–Trinajstić information content (AvgIpc) is 2.27. The molecule has 1 saturated carbocycles. The summed E-state index contributed by atoms with van der Waals surface area (Å²) < 4.78 is 2.69. The quantitative estimate of drug-likeness (QED) is 0.710. The minimum absolute atomic E-state index is 0.726. The van der Waals surface area contributed by atoms with Crippen molar-refractivity contribution in [1.82, 2.24) is 14.8 Å². The number of hydrogen-bond acceptors (Lipinski definition) is 2. The minimum Gasteiger partial charge on any atom is -0.307 e. The first-order chi connectivity index (χ1) is 5.77. The molecule has 0 saturated heterocycles. The molecule has 1 aliphatic rings. The lowest BCUT2D eigenvalue weighted by molar-refractivity contribution is 0.307. The molecule has 0 atom stereocenters. The van der Waals surface area contributed by atoms with Gasteiger partial charge >= 0.3 is 0 Å². The first kappa shape index (κ1) is 7.98. The third-order valence-electron chi connectivity index (χ3n) is 2.67. The zero-order valence-electron chi connectivity index (χ0n) is 7.21. The minimum atomic E-state index is 0.726. The van der Waals surface area contributed by atoms with Crippen LogP contribution in [0, 0.1) is 10.7 Å². The Bertz CT molecular complexity index is 321. The second kappa shape index (κ2) is 3.01. The average molecular weight is 183 g/mol. The van der Waals surface area contributed by atoms with Crippen LogP contribution in [0.1, 0.15) is 25.1 Å². The Kier molecular flexibility index (Phi) is 2.00. The van der Waals surface area contributed by atoms with Crippen LogP contribution < -0.4 is 0 Å². The van der Waals surface area contributed by atoms with Gasteiger partial charge in [0.2, 0.25) is 0 Å². The van der Waals surface area contributed by atoms with E-state index in [2.05, 4.69) is 10.2 Å². The van der Waals surface area contributed by atoms with Crippen LogP contribution in [0.25, 0.3) is 0 Å². The lowest BCUT2D eigenvalue weighted by atomic mass is 9.83. The fourth-order valence-electron chi connectivity index (χ4n) is 1.52. The largest absolute Gasteiger partial charge is 0.307 e. The Labute approximate surface area is 76.8 Å². The third-order valence-corrected chi connectivity index (χ3v) is 3.03. The topological polar surface area (TPSA) is 33.6 Å². The van der Waals surface area contributed by atoms with Crippen molar-refractivity contribution in [3.05, 3.63) is 10.6 Å². The number of rotatable bonds is 2. The van der Waals surface area contributed by atoms with Gasteiger partial charge in [0.05, 0.1) is 0 Å². The summed E-state index contributed by atoms with van der Waals surface area (Å²) in [6.07, 6.45) is 5.20. The van der Waals surface area contributed by atoms with E-state index in [0.717, 1.165) is 22.9 Å². The van der Waals surface area contributed by atoms with E-state index in [9.17, 15) is 0 Å². The summed E-state index contributed by atoms with van der Waals surface area (Å²) in [6.45, 7) is 0. The fraction of sp³-hybridized carbons (Fsp3) is 0.750. The zero-order valence-corrected chi connectivity index (χ0v) is 8.02. The van der Waals surface area contributed by atoms with Crippen molar-refractivity contribution < 1.29 is 0 Å². The molecule has 2 rings (SSSR count). The molecule has 66 valence electrons. The van der Waals surface area contributed by atoms with Gasteiger partial charge < -0.3 is 4.57 Å². The van der Waals surface area contributed by atoms with Crippen molar-refractivity contribution in [2.24, 2.45) is 13.0 Å². The molecule has 1 N–H and O–H groups in total. The van der Waals surface area contributed by atoms with E-state index in [1.165, 1.54) is 19.3 Å². The summed E-state index contributed by atoms with van der Waals surface area (Å²) in [5.41, 5.74) is 0. The van der Waals surface area contributed by atoms with Crippen LogP contribution in [0.5, 0.6) is 0 Å². The molecule has 0 bridgehead atoms. The number of nitrogens with zero attached hydrogens (tertiary/aromatic N) is 2. The Balaban J connectivity index is 2.11. The van der Waals surface area contributed by atoms with E-state index in [4.69, 9.17) is 12.2 Å². The van der Waals surface area contributed by atoms with Crippen molar-refractivity contribution >= 4 is 12.2 Å². The highest BCUT2D eigenvalue weighted by atomic mass is 32.1. The van der Waals surface area contributed by atoms with Crippen molar-refractivity contribution in [1.29, 1.82) is 0 Å². The molecule has 1 heterocycles. The maximum Gasteiger partial charge on any atom is 0.194 e. The molecule has 0 amide bonds. The summed E-state index contributed by atoms with van der Waals surface area (Å²) in [4.78, 5) is 0. The van der Waals surface area contributed by atoms with Crippen molar-refractivity contribution in [2.75, 3.05) is 0 Å². The van der Waals surface area contributed by atoms with Gasteiger partial charge in [-0.3, -0.25) is 5.10 Å². The number of nitrogens with one attached hydrogen (secondary N) is 1. The molecule has 12 heavy (non-hydrogen) atoms. The van der Waals surface area contributed by atoms with E-state index in [-0.39, 0.29) is 0 Å². The van der Waals surface area contributed by atoms with Crippen molar-refractivity contribution in [2.45, 2.75) is 25.7 Å². The molecule has 0 radical (unpaired) electrons. The van der Waals surface area contributed by atoms with Crippen LogP contribution in [-0.4, -0.2) is 14.8 Å². The highest BCUT2D eigenvalue weighted by molar-refractivity contribution is 7.71. The van der Waals surface area contributed by atoms with Crippen LogP contribution in [0.2, 0.25) is 0 Å². The summed E-state index contributed by atoms with van der Waals surface area (Å²) in [5.74, 6) is 1.96. The van der Waals surface area contributed by atoms with Gasteiger partial charge in [0, 0.05) is 13.5 Å². The van der Waals surface area contributed by atoms with E-state index < -0.39 is 0 Å². The van der Waals surface area contributed by atoms with Gasteiger partial charge in [0.15, 0.2) is 4.77 Å². The fourth-order valence-corrected chi connectivity index (χ4v) is 1.67. The Hall–Kier alpha value is -0.640. The van der Waals surface area contributed by atoms with Gasteiger partial charge in [-0.2, -0.15) is 5.10 Å². The molecule has 0 spiro atoms. The molecule has 1 fully saturated rings. The van der Waals surface area contributed by atoms with Crippen LogP contribution >= 0.6 is 12.2 Å². The Morgan fingerprint density at radius 1 is 1.67 bits per heavy atom. The van der Waals surface area contributed by atoms with Crippen LogP contribution in [0.15, 0.2) is 0 Å². The van der Waals surface area contributed by atoms with E-state index in [1.807, 2.05) is 11.6 Å². The van der Waals surface area contributed by atoms with Crippen molar-refractivity contribution in [3.63, 3.8) is 0 Å². The zero-order chi connectivity index (χ0) is 8.55. The third kappa shape index (κ3) is 1.31. The van der Waals surface area contributed by atoms with Crippen molar-refractivity contribution in [3.8, 4) is 0 Å². The lowest BCUT2D eigenvalue weighted by Crippen LogP contribution is -2.16. The van der Waals surface area contributed by atoms with E-state index in [1.54, 1.807) is 0 Å². The molecular formula is C8H13N3S. The Morgan fingerprint density at radius 2 is 2.42 bits per heavy atom. The number of aromatic amines is 1. The van der Waals surface area contributed by atoms with E-state index in [0.29, 0.717) is 0 Å². The molecule has 3 nitrogen and oxygen atoms in total. The number of aromatic nitrogens is 3. The highest BCUT2D eigenvalue weighted by Gasteiger charge is 2.19. The van der Waals surface area contributed by atoms with E-state index >= 15 is 0 Å². The molecular weight excluding hydrogens is 170 g/mol. The second-order valence-electron chi connectivity index (χ2n) is 3.51. The summed E-state index contributed by atoms with van der Waals surface area (Å²) in [6, 6.07) is 0. The predicted molar refractivity (Wildman–Crippen MR) is 49.4 cm³/mol. The second-order valence-corrected chi connectivity index (χ2v) is 3.89. The molecule has 0 aromatic carbocycles. The molecule has 4 heteroatoms. The SMILES string of the molecule is Cn1c(CC2CCC2)n[nH]c1=S. The standard InChI is InChI=1S/C8H13N3S/c1-11-7(9-10-8(11)12)5-6-3-2-4-6/h6H,2-5H2,1H3,(H,10,12). The van der Waals surface area contributed by atoms with Crippen LogP contribution in [0.4, 0.5) is 0 Å². The molecule has 1 aliphatic carbocycles. The first-order valence-corrected chi connectivity index (χ1v) is 4.78. The van der Waals surface area contributed by atoms with Gasteiger partial charge in [-0.15, -0.1) is 0 Å². The number of H-pyrrole nitrogens is 1. The monoisotopic (exact) mass is 183 g/mol. The van der Waals surface area contributed by atoms with Gasteiger partial charge in [-0.25, -0.2) is 0 Å². The predicted octanol–water partition coefficient (Wildman–Crippen LogP) is 1.82. The molecule has 0 unspecified atom stereocenters. The van der Waals surface area contributed by atoms with Crippen LogP contribution in [0.3, 0.4) is 0 Å². The van der Waals surface area contributed by atoms with Gasteiger partial charge in [-0.05, 0) is 18.1 Å². The number of hydrogen-bond donors (Lipinski definition) is 1. The van der Waals surface area contributed by atoms with Gasteiger partial charge in [-0.1, -0.05) is 19.3 Å². The van der Waals surface area contributed by atoms with Gasteiger partial charge in [0.25, 0.3) is 0 Å². The summed E-state index contributed by atoms with van der Waals surface area (Å²) in [7, 11) is 1.97. The molecule has 1 aromatic rings. The normalized spacial score (nSPS) is 17.8. The lowest BCUT2D eigenvalue weighted by Gasteiger charge is -2.24. The summed E-state index contributed by atoms with van der Waals surface area (Å²) >= 11 is 5.03.